The van der Waals surface area contributed by atoms with Crippen LogP contribution in [0.1, 0.15) is 21.5 Å². The van der Waals surface area contributed by atoms with Crippen LogP contribution >= 0.6 is 0 Å². The first-order chi connectivity index (χ1) is 20.5. The van der Waals surface area contributed by atoms with E-state index in [4.69, 9.17) is 0 Å². The molecule has 2 N–H and O–H groups in total. The SMILES string of the molecule is CN(C)c1ccc2c(c1)CCN(c1cccc(-c3cc(Nc4ccc(N5CC(F)(F)C5)cn4)c(=O)n(C)c3)c1CO)C2=O. The van der Waals surface area contributed by atoms with Gasteiger partial charge in [-0.05, 0) is 60.0 Å². The van der Waals surface area contributed by atoms with Gasteiger partial charge in [0.05, 0.1) is 37.3 Å². The third-order valence-electron chi connectivity index (χ3n) is 8.00. The highest BCUT2D eigenvalue weighted by molar-refractivity contribution is 6.09. The summed E-state index contributed by atoms with van der Waals surface area (Å²) in [7, 11) is 5.56. The van der Waals surface area contributed by atoms with Gasteiger partial charge in [-0.3, -0.25) is 9.59 Å². The van der Waals surface area contributed by atoms with Crippen molar-refractivity contribution in [2.45, 2.75) is 19.0 Å². The Morgan fingerprint density at radius 3 is 2.51 bits per heavy atom. The zero-order chi connectivity index (χ0) is 30.5. The number of rotatable bonds is 7. The van der Waals surface area contributed by atoms with Gasteiger partial charge >= 0.3 is 0 Å². The lowest BCUT2D eigenvalue weighted by Crippen LogP contribution is -2.56. The van der Waals surface area contributed by atoms with Gasteiger partial charge in [-0.2, -0.15) is 0 Å². The van der Waals surface area contributed by atoms with Crippen molar-refractivity contribution in [1.29, 1.82) is 0 Å². The Hall–Kier alpha value is -4.77. The molecule has 0 aliphatic carbocycles. The minimum atomic E-state index is -2.68. The van der Waals surface area contributed by atoms with E-state index in [-0.39, 0.29) is 36.9 Å². The largest absolute Gasteiger partial charge is 0.392 e. The Bertz CT molecular complexity index is 1760. The molecule has 2 aliphatic heterocycles. The number of aliphatic hydroxyl groups excluding tert-OH is 1. The van der Waals surface area contributed by atoms with Crippen molar-refractivity contribution in [3.8, 4) is 11.1 Å². The van der Waals surface area contributed by atoms with E-state index in [2.05, 4.69) is 10.3 Å². The van der Waals surface area contributed by atoms with E-state index in [1.54, 1.807) is 36.3 Å². The van der Waals surface area contributed by atoms with Crippen molar-refractivity contribution < 1.29 is 18.7 Å². The van der Waals surface area contributed by atoms with Crippen LogP contribution < -0.4 is 25.6 Å². The number of carbonyl (C=O) groups is 1. The van der Waals surface area contributed by atoms with Gasteiger partial charge in [0.2, 0.25) is 0 Å². The van der Waals surface area contributed by atoms with Crippen LogP contribution in [0.4, 0.5) is 37.3 Å². The number of aliphatic hydroxyl groups is 1. The fourth-order valence-electron chi connectivity index (χ4n) is 5.68. The molecule has 0 spiro atoms. The minimum Gasteiger partial charge on any atom is -0.392 e. The molecule has 0 atom stereocenters. The number of benzene rings is 2. The second-order valence-corrected chi connectivity index (χ2v) is 11.2. The summed E-state index contributed by atoms with van der Waals surface area (Å²) in [5, 5.41) is 13.6. The Morgan fingerprint density at radius 2 is 1.84 bits per heavy atom. The van der Waals surface area contributed by atoms with Gasteiger partial charge in [-0.15, -0.1) is 0 Å². The predicted octanol–water partition coefficient (Wildman–Crippen LogP) is 4.41. The van der Waals surface area contributed by atoms with E-state index >= 15 is 0 Å². The quantitative estimate of drug-likeness (QED) is 0.332. The molecule has 2 aromatic heterocycles. The summed E-state index contributed by atoms with van der Waals surface area (Å²) in [5.41, 5.74) is 5.74. The maximum absolute atomic E-state index is 13.6. The summed E-state index contributed by atoms with van der Waals surface area (Å²) < 4.78 is 27.9. The van der Waals surface area contributed by atoms with E-state index < -0.39 is 5.92 Å². The van der Waals surface area contributed by atoms with Gasteiger partial charge in [-0.25, -0.2) is 13.8 Å². The van der Waals surface area contributed by atoms with Crippen molar-refractivity contribution in [3.63, 3.8) is 0 Å². The highest BCUT2D eigenvalue weighted by Crippen LogP contribution is 2.36. The highest BCUT2D eigenvalue weighted by atomic mass is 19.3. The number of nitrogens with one attached hydrogen (secondary N) is 1. The zero-order valence-corrected chi connectivity index (χ0v) is 24.1. The maximum Gasteiger partial charge on any atom is 0.282 e. The molecule has 9 nitrogen and oxygen atoms in total. The van der Waals surface area contributed by atoms with Crippen LogP contribution in [0.15, 0.2) is 71.8 Å². The van der Waals surface area contributed by atoms with Crippen LogP contribution in [-0.2, 0) is 20.1 Å². The first-order valence-corrected chi connectivity index (χ1v) is 14.0. The van der Waals surface area contributed by atoms with E-state index in [0.717, 1.165) is 11.3 Å². The third kappa shape index (κ3) is 5.32. The second kappa shape index (κ2) is 10.8. The smallest absolute Gasteiger partial charge is 0.282 e. The summed E-state index contributed by atoms with van der Waals surface area (Å²) >= 11 is 0. The molecule has 11 heteroatoms. The molecule has 4 aromatic rings. The average Bonchev–Trinajstić information content (AvgIpc) is 2.98. The minimum absolute atomic E-state index is 0.127. The Labute approximate surface area is 247 Å². The number of carbonyl (C=O) groups excluding carboxylic acids is 1. The third-order valence-corrected chi connectivity index (χ3v) is 8.00. The Kier molecular flexibility index (Phi) is 7.13. The maximum atomic E-state index is 13.6. The monoisotopic (exact) mass is 586 g/mol. The van der Waals surface area contributed by atoms with Crippen LogP contribution in [0, 0.1) is 0 Å². The Morgan fingerprint density at radius 1 is 1.05 bits per heavy atom. The lowest BCUT2D eigenvalue weighted by Gasteiger charge is -2.40. The van der Waals surface area contributed by atoms with E-state index in [0.29, 0.717) is 52.4 Å². The van der Waals surface area contributed by atoms with Gasteiger partial charge in [0.15, 0.2) is 0 Å². The number of hydrogen-bond acceptors (Lipinski definition) is 7. The molecule has 4 heterocycles. The molecule has 2 aliphatic rings. The van der Waals surface area contributed by atoms with Gasteiger partial charge in [0.1, 0.15) is 11.5 Å². The molecule has 6 rings (SSSR count). The number of pyridine rings is 2. The van der Waals surface area contributed by atoms with Crippen molar-refractivity contribution in [3.05, 3.63) is 94.0 Å². The first-order valence-electron chi connectivity index (χ1n) is 14.0. The number of hydrogen-bond donors (Lipinski definition) is 2. The predicted molar refractivity (Wildman–Crippen MR) is 164 cm³/mol. The number of alkyl halides is 2. The van der Waals surface area contributed by atoms with Crippen LogP contribution in [0.25, 0.3) is 11.1 Å². The highest BCUT2D eigenvalue weighted by Gasteiger charge is 2.44. The number of aryl methyl sites for hydroxylation is 1. The molecule has 1 amide bonds. The standard InChI is InChI=1S/C32H32F2N6O3/c1-37(2)22-7-9-25-20(13-22)11-12-40(30(25)42)28-6-4-5-24(26(28)17-41)21-14-27(31(43)38(3)16-21)36-29-10-8-23(15-35-29)39-18-32(33,34)19-39/h4-10,13-16,41H,11-12,17-19H2,1-3H3,(H,35,36). The topological polar surface area (TPSA) is 93.9 Å². The second-order valence-electron chi connectivity index (χ2n) is 11.2. The number of aromatic nitrogens is 2. The molecule has 0 saturated carbocycles. The molecule has 43 heavy (non-hydrogen) atoms. The van der Waals surface area contributed by atoms with Crippen molar-refractivity contribution >= 4 is 34.5 Å². The molecule has 0 radical (unpaired) electrons. The molecule has 0 bridgehead atoms. The van der Waals surface area contributed by atoms with Gasteiger partial charge < -0.3 is 29.7 Å². The lowest BCUT2D eigenvalue weighted by atomic mass is 9.94. The van der Waals surface area contributed by atoms with Crippen molar-refractivity contribution in [2.75, 3.05) is 53.7 Å². The lowest BCUT2D eigenvalue weighted by molar-refractivity contribution is -0.0262. The first kappa shape index (κ1) is 28.4. The van der Waals surface area contributed by atoms with Crippen LogP contribution in [-0.4, -0.2) is 60.2 Å². The molecule has 222 valence electrons. The van der Waals surface area contributed by atoms with E-state index in [1.807, 2.05) is 55.4 Å². The number of anilines is 5. The number of fused-ring (bicyclic) bond motifs is 1. The van der Waals surface area contributed by atoms with Gasteiger partial charge in [0.25, 0.3) is 17.4 Å². The number of nitrogens with zero attached hydrogens (tertiary/aromatic N) is 5. The molecular formula is C32H32F2N6O3. The van der Waals surface area contributed by atoms with Gasteiger partial charge in [-0.1, -0.05) is 12.1 Å². The van der Waals surface area contributed by atoms with Crippen molar-refractivity contribution in [1.82, 2.24) is 9.55 Å². The molecule has 2 aromatic carbocycles. The zero-order valence-electron chi connectivity index (χ0n) is 24.1. The number of halogens is 2. The fourth-order valence-corrected chi connectivity index (χ4v) is 5.68. The van der Waals surface area contributed by atoms with Crippen molar-refractivity contribution in [2.24, 2.45) is 7.05 Å². The molecule has 1 fully saturated rings. The van der Waals surface area contributed by atoms with E-state index in [1.165, 1.54) is 15.7 Å². The summed E-state index contributed by atoms with van der Waals surface area (Å²) in [5.74, 6) is -2.43. The summed E-state index contributed by atoms with van der Waals surface area (Å²) in [6.07, 6.45) is 3.86. The Balaban J connectivity index is 1.30. The number of amides is 1. The summed E-state index contributed by atoms with van der Waals surface area (Å²) in [4.78, 5) is 36.2. The summed E-state index contributed by atoms with van der Waals surface area (Å²) in [6.45, 7) is -0.533. The molecule has 0 unspecified atom stereocenters. The van der Waals surface area contributed by atoms with Crippen LogP contribution in [0.5, 0.6) is 0 Å². The van der Waals surface area contributed by atoms with Gasteiger partial charge in [0, 0.05) is 56.3 Å². The van der Waals surface area contributed by atoms with Crippen LogP contribution in [0.2, 0.25) is 0 Å². The normalized spacial score (nSPS) is 15.6. The fraction of sp³-hybridized carbons (Fsp3) is 0.281. The molecule has 1 saturated heterocycles. The summed E-state index contributed by atoms with van der Waals surface area (Å²) in [6, 6.07) is 16.3. The van der Waals surface area contributed by atoms with E-state index in [9.17, 15) is 23.5 Å². The molecular weight excluding hydrogens is 554 g/mol. The van der Waals surface area contributed by atoms with Crippen LogP contribution in [0.3, 0.4) is 0 Å². The average molecular weight is 587 g/mol.